The highest BCUT2D eigenvalue weighted by Gasteiger charge is 2.54. The molecule has 0 N–H and O–H groups in total. The predicted molar refractivity (Wildman–Crippen MR) is 124 cm³/mol. The van der Waals surface area contributed by atoms with Gasteiger partial charge in [-0.2, -0.15) is 0 Å². The van der Waals surface area contributed by atoms with Crippen LogP contribution in [0.2, 0.25) is 0 Å². The van der Waals surface area contributed by atoms with Gasteiger partial charge in [0.25, 0.3) is 9.05 Å². The third kappa shape index (κ3) is 2.71. The monoisotopic (exact) mass is 458 g/mol. The van der Waals surface area contributed by atoms with Crippen molar-refractivity contribution >= 4 is 19.7 Å². The van der Waals surface area contributed by atoms with Crippen molar-refractivity contribution < 1.29 is 8.42 Å². The van der Waals surface area contributed by atoms with Gasteiger partial charge in [0.15, 0.2) is 0 Å². The highest BCUT2D eigenvalue weighted by atomic mass is 35.7. The molecule has 0 spiro atoms. The predicted octanol–water partition coefficient (Wildman–Crippen LogP) is 7.11. The van der Waals surface area contributed by atoms with Gasteiger partial charge in [0.1, 0.15) is 0 Å². The molecule has 0 aromatic heterocycles. The largest absolute Gasteiger partial charge is 0.261 e. The van der Waals surface area contributed by atoms with Gasteiger partial charge < -0.3 is 0 Å². The van der Waals surface area contributed by atoms with E-state index in [0.717, 1.165) is 54.6 Å². The molecular formula is C27H35ClO2S. The molecule has 1 aromatic rings. The lowest BCUT2D eigenvalue weighted by atomic mass is 9.68. The molecule has 0 unspecified atom stereocenters. The summed E-state index contributed by atoms with van der Waals surface area (Å²) >= 11 is 0. The minimum absolute atomic E-state index is 0.0627. The summed E-state index contributed by atoms with van der Waals surface area (Å²) in [5, 5.41) is 0. The van der Waals surface area contributed by atoms with E-state index >= 15 is 0 Å². The lowest BCUT2D eigenvalue weighted by molar-refractivity contribution is 0.384. The number of halogens is 1. The molecule has 7 rings (SSSR count). The zero-order valence-corrected chi connectivity index (χ0v) is 20.2. The summed E-state index contributed by atoms with van der Waals surface area (Å²) in [4.78, 5) is 0.576. The van der Waals surface area contributed by atoms with Gasteiger partial charge >= 0.3 is 0 Å². The molecule has 6 fully saturated rings. The van der Waals surface area contributed by atoms with Crippen molar-refractivity contribution in [3.05, 3.63) is 28.8 Å². The highest BCUT2D eigenvalue weighted by molar-refractivity contribution is 8.13. The van der Waals surface area contributed by atoms with Crippen molar-refractivity contribution in [3.8, 4) is 0 Å². The molecular weight excluding hydrogens is 424 g/mol. The maximum atomic E-state index is 13.3. The third-order valence-corrected chi connectivity index (χ3v) is 12.7. The Bertz CT molecular complexity index is 982. The molecule has 4 heteroatoms. The van der Waals surface area contributed by atoms with Crippen molar-refractivity contribution in [2.24, 2.45) is 17.8 Å². The van der Waals surface area contributed by atoms with E-state index in [0.29, 0.717) is 10.3 Å². The second kappa shape index (κ2) is 6.32. The number of rotatable bonds is 4. The van der Waals surface area contributed by atoms with Crippen LogP contribution in [0.15, 0.2) is 17.0 Å². The lowest BCUT2D eigenvalue weighted by Crippen LogP contribution is -2.30. The molecule has 0 heterocycles. The van der Waals surface area contributed by atoms with Crippen LogP contribution in [0, 0.1) is 17.8 Å². The molecule has 2 nitrogen and oxygen atoms in total. The summed E-state index contributed by atoms with van der Waals surface area (Å²) in [6, 6.07) is 4.80. The normalized spacial score (nSPS) is 45.3. The van der Waals surface area contributed by atoms with Crippen LogP contribution in [0.25, 0.3) is 0 Å². The maximum absolute atomic E-state index is 13.3. The maximum Gasteiger partial charge on any atom is 0.261 e. The second-order valence-corrected chi connectivity index (χ2v) is 15.1. The molecule has 0 amide bonds. The zero-order valence-electron chi connectivity index (χ0n) is 18.6. The Hall–Kier alpha value is -0.540. The summed E-state index contributed by atoms with van der Waals surface area (Å²) < 4.78 is 26.6. The van der Waals surface area contributed by atoms with E-state index in [-0.39, 0.29) is 10.8 Å². The molecule has 6 saturated carbocycles. The minimum Gasteiger partial charge on any atom is -0.207 e. The Morgan fingerprint density at radius 2 is 1.00 bits per heavy atom. The van der Waals surface area contributed by atoms with Gasteiger partial charge in [0, 0.05) is 10.7 Å². The summed E-state index contributed by atoms with van der Waals surface area (Å²) in [5.74, 6) is 2.47. The molecule has 0 saturated heterocycles. The first-order valence-corrected chi connectivity index (χ1v) is 15.3. The molecule has 0 atom stereocenters. The Kier molecular flexibility index (Phi) is 4.05. The standard InChI is InChI=1S/C27H35ClO2S/c28-31(29,30)24-22(26-9-3-19(16-26)4-10-26)13-21(25-7-1-18(15-25)2-8-25)14-23(24)27-11-5-20(17-27)6-12-27/h13-14,18-20H,1-12,15-17H2. The van der Waals surface area contributed by atoms with E-state index in [2.05, 4.69) is 12.1 Å². The van der Waals surface area contributed by atoms with Crippen molar-refractivity contribution in [2.75, 3.05) is 0 Å². The lowest BCUT2D eigenvalue weighted by Gasteiger charge is -2.38. The first-order chi connectivity index (χ1) is 14.8. The highest BCUT2D eigenvalue weighted by Crippen LogP contribution is 2.63. The molecule has 6 bridgehead atoms. The number of hydrogen-bond donors (Lipinski definition) is 0. The van der Waals surface area contributed by atoms with Crippen LogP contribution in [-0.4, -0.2) is 8.42 Å². The van der Waals surface area contributed by atoms with Gasteiger partial charge in [-0.1, -0.05) is 12.1 Å². The average molecular weight is 459 g/mol. The van der Waals surface area contributed by atoms with E-state index < -0.39 is 9.05 Å². The van der Waals surface area contributed by atoms with Gasteiger partial charge in [-0.15, -0.1) is 0 Å². The van der Waals surface area contributed by atoms with Gasteiger partial charge in [-0.25, -0.2) is 8.42 Å². The SMILES string of the molecule is O=S(=O)(Cl)c1c(C23CCC(CC2)C3)cc(C23CCC(CC2)C3)cc1C12CCC(CC1)C2. The number of benzene rings is 1. The van der Waals surface area contributed by atoms with Crippen LogP contribution in [-0.2, 0) is 25.3 Å². The van der Waals surface area contributed by atoms with Crippen LogP contribution in [0.3, 0.4) is 0 Å². The summed E-state index contributed by atoms with van der Waals surface area (Å²) in [6.45, 7) is 0. The topological polar surface area (TPSA) is 34.1 Å². The van der Waals surface area contributed by atoms with E-state index in [1.807, 2.05) is 0 Å². The molecule has 6 aliphatic rings. The Balaban J connectivity index is 1.51. The number of fused-ring (bicyclic) bond motifs is 6. The molecule has 0 aliphatic heterocycles. The molecule has 31 heavy (non-hydrogen) atoms. The Morgan fingerprint density at radius 3 is 1.29 bits per heavy atom. The third-order valence-electron chi connectivity index (χ3n) is 11.3. The van der Waals surface area contributed by atoms with Gasteiger partial charge in [0.05, 0.1) is 4.90 Å². The minimum atomic E-state index is -3.78. The van der Waals surface area contributed by atoms with Crippen molar-refractivity contribution in [1.82, 2.24) is 0 Å². The van der Waals surface area contributed by atoms with E-state index in [1.165, 1.54) is 76.2 Å². The van der Waals surface area contributed by atoms with Crippen LogP contribution in [0.5, 0.6) is 0 Å². The molecule has 6 aliphatic carbocycles. The molecule has 1 aromatic carbocycles. The van der Waals surface area contributed by atoms with E-state index in [9.17, 15) is 8.42 Å². The van der Waals surface area contributed by atoms with Gasteiger partial charge in [-0.05, 0) is 147 Å². The summed E-state index contributed by atoms with van der Waals surface area (Å²) in [6.07, 6.45) is 18.7. The molecule has 0 radical (unpaired) electrons. The first-order valence-electron chi connectivity index (χ1n) is 13.0. The quantitative estimate of drug-likeness (QED) is 0.450. The van der Waals surface area contributed by atoms with Gasteiger partial charge in [-0.3, -0.25) is 0 Å². The fourth-order valence-corrected chi connectivity index (χ4v) is 11.3. The fourth-order valence-electron chi connectivity index (χ4n) is 9.72. The van der Waals surface area contributed by atoms with Crippen LogP contribution in [0.4, 0.5) is 0 Å². The average Bonchev–Trinajstić information content (AvgIpc) is 3.59. The van der Waals surface area contributed by atoms with Crippen LogP contribution in [0.1, 0.15) is 113 Å². The Morgan fingerprint density at radius 1 is 0.645 bits per heavy atom. The van der Waals surface area contributed by atoms with E-state index in [4.69, 9.17) is 10.7 Å². The smallest absolute Gasteiger partial charge is 0.207 e. The fraction of sp³-hybridized carbons (Fsp3) is 0.778. The van der Waals surface area contributed by atoms with Crippen molar-refractivity contribution in [1.29, 1.82) is 0 Å². The summed E-state index contributed by atoms with van der Waals surface area (Å²) in [7, 11) is 2.57. The van der Waals surface area contributed by atoms with Crippen molar-refractivity contribution in [2.45, 2.75) is 117 Å². The zero-order chi connectivity index (χ0) is 21.1. The van der Waals surface area contributed by atoms with Crippen LogP contribution < -0.4 is 0 Å². The number of hydrogen-bond acceptors (Lipinski definition) is 2. The van der Waals surface area contributed by atoms with E-state index in [1.54, 1.807) is 0 Å². The van der Waals surface area contributed by atoms with Crippen LogP contribution >= 0.6 is 10.7 Å². The first kappa shape index (κ1) is 19.9. The van der Waals surface area contributed by atoms with Crippen molar-refractivity contribution in [3.63, 3.8) is 0 Å². The van der Waals surface area contributed by atoms with Gasteiger partial charge in [0.2, 0.25) is 0 Å². The summed E-state index contributed by atoms with van der Waals surface area (Å²) in [5.41, 5.74) is 4.24. The second-order valence-electron chi connectivity index (χ2n) is 12.6. The molecule has 168 valence electrons. The Labute approximate surface area is 191 Å².